The van der Waals surface area contributed by atoms with Crippen molar-refractivity contribution < 1.29 is 14.7 Å². The molecule has 17 heavy (non-hydrogen) atoms. The summed E-state index contributed by atoms with van der Waals surface area (Å²) in [6.07, 6.45) is 4.19. The maximum absolute atomic E-state index is 11.9. The topological polar surface area (TPSA) is 66.4 Å². The van der Waals surface area contributed by atoms with Crippen molar-refractivity contribution in [1.82, 2.24) is 5.32 Å². The van der Waals surface area contributed by atoms with E-state index >= 15 is 0 Å². The summed E-state index contributed by atoms with van der Waals surface area (Å²) in [4.78, 5) is 23.0. The minimum absolute atomic E-state index is 0.145. The first-order valence-electron chi connectivity index (χ1n) is 6.19. The van der Waals surface area contributed by atoms with Crippen LogP contribution in [0.1, 0.15) is 46.0 Å². The molecule has 1 atom stereocenters. The summed E-state index contributed by atoms with van der Waals surface area (Å²) in [6.45, 7) is 3.95. The van der Waals surface area contributed by atoms with E-state index < -0.39 is 11.5 Å². The standard InChI is InChI=1S/C12H21NO3S/c1-3-4-8-17-9(2)10(14)13-12(11(15)16)6-5-7-12/h9H,3-8H2,1-2H3,(H,13,14)(H,15,16). The normalized spacial score (nSPS) is 19.2. The smallest absolute Gasteiger partial charge is 0.329 e. The van der Waals surface area contributed by atoms with Crippen LogP contribution in [0.25, 0.3) is 0 Å². The molecular weight excluding hydrogens is 238 g/mol. The second kappa shape index (κ2) is 6.28. The molecule has 0 aliphatic heterocycles. The number of carbonyl (C=O) groups excluding carboxylic acids is 1. The highest BCUT2D eigenvalue weighted by molar-refractivity contribution is 8.00. The maximum atomic E-state index is 11.9. The minimum Gasteiger partial charge on any atom is -0.480 e. The van der Waals surface area contributed by atoms with Crippen molar-refractivity contribution in [3.05, 3.63) is 0 Å². The molecule has 2 N–H and O–H groups in total. The molecule has 0 bridgehead atoms. The Morgan fingerprint density at radius 3 is 2.53 bits per heavy atom. The van der Waals surface area contributed by atoms with Gasteiger partial charge >= 0.3 is 5.97 Å². The Hall–Kier alpha value is -0.710. The summed E-state index contributed by atoms with van der Waals surface area (Å²) in [5, 5.41) is 11.6. The lowest BCUT2D eigenvalue weighted by Gasteiger charge is -2.38. The van der Waals surface area contributed by atoms with Crippen molar-refractivity contribution in [3.63, 3.8) is 0 Å². The lowest BCUT2D eigenvalue weighted by atomic mass is 9.76. The van der Waals surface area contributed by atoms with Crippen molar-refractivity contribution >= 4 is 23.6 Å². The van der Waals surface area contributed by atoms with Crippen LogP contribution in [0.4, 0.5) is 0 Å². The number of aliphatic carboxylic acids is 1. The van der Waals surface area contributed by atoms with Crippen LogP contribution in [0.3, 0.4) is 0 Å². The summed E-state index contributed by atoms with van der Waals surface area (Å²) < 4.78 is 0. The molecule has 0 aromatic carbocycles. The Balaban J connectivity index is 2.39. The number of thioether (sulfide) groups is 1. The first kappa shape index (κ1) is 14.4. The molecule has 0 saturated heterocycles. The van der Waals surface area contributed by atoms with Crippen LogP contribution in [-0.4, -0.2) is 33.5 Å². The van der Waals surface area contributed by atoms with Crippen LogP contribution < -0.4 is 5.32 Å². The number of carbonyl (C=O) groups is 2. The molecule has 0 aromatic rings. The Morgan fingerprint density at radius 1 is 1.47 bits per heavy atom. The van der Waals surface area contributed by atoms with E-state index in [0.29, 0.717) is 12.8 Å². The van der Waals surface area contributed by atoms with Gasteiger partial charge in [0.1, 0.15) is 5.54 Å². The van der Waals surface area contributed by atoms with E-state index in [0.717, 1.165) is 25.0 Å². The molecule has 1 saturated carbocycles. The van der Waals surface area contributed by atoms with Gasteiger partial charge in [-0.15, -0.1) is 11.8 Å². The Kier molecular flexibility index (Phi) is 5.31. The zero-order chi connectivity index (χ0) is 12.9. The van der Waals surface area contributed by atoms with Crippen LogP contribution >= 0.6 is 11.8 Å². The highest BCUT2D eigenvalue weighted by Crippen LogP contribution is 2.32. The van der Waals surface area contributed by atoms with Gasteiger partial charge in [-0.2, -0.15) is 0 Å². The molecule has 4 nitrogen and oxygen atoms in total. The molecule has 0 radical (unpaired) electrons. The number of hydrogen-bond donors (Lipinski definition) is 2. The molecule has 1 rings (SSSR count). The zero-order valence-corrected chi connectivity index (χ0v) is 11.3. The van der Waals surface area contributed by atoms with Crippen molar-refractivity contribution in [3.8, 4) is 0 Å². The molecule has 98 valence electrons. The molecule has 1 aliphatic rings. The van der Waals surface area contributed by atoms with Crippen molar-refractivity contribution in [2.24, 2.45) is 0 Å². The average Bonchev–Trinajstić information content (AvgIpc) is 2.22. The van der Waals surface area contributed by atoms with Gasteiger partial charge in [-0.05, 0) is 38.4 Å². The van der Waals surface area contributed by atoms with Crippen LogP contribution in [0.2, 0.25) is 0 Å². The molecule has 0 aromatic heterocycles. The SMILES string of the molecule is CCCCSC(C)C(=O)NC1(C(=O)O)CCC1. The quantitative estimate of drug-likeness (QED) is 0.687. The first-order valence-corrected chi connectivity index (χ1v) is 7.24. The summed E-state index contributed by atoms with van der Waals surface area (Å²) in [5.74, 6) is -0.0958. The van der Waals surface area contributed by atoms with E-state index in [1.165, 1.54) is 0 Å². The number of amides is 1. The van der Waals surface area contributed by atoms with Crippen LogP contribution in [0.15, 0.2) is 0 Å². The monoisotopic (exact) mass is 259 g/mol. The Bertz CT molecular complexity index is 289. The van der Waals surface area contributed by atoms with Gasteiger partial charge in [-0.3, -0.25) is 4.79 Å². The van der Waals surface area contributed by atoms with Gasteiger partial charge < -0.3 is 10.4 Å². The average molecular weight is 259 g/mol. The molecule has 0 heterocycles. The molecule has 1 aliphatic carbocycles. The van der Waals surface area contributed by atoms with Gasteiger partial charge in [0.05, 0.1) is 5.25 Å². The van der Waals surface area contributed by atoms with Crippen LogP contribution in [-0.2, 0) is 9.59 Å². The number of rotatable bonds is 7. The van der Waals surface area contributed by atoms with Gasteiger partial charge in [0.25, 0.3) is 0 Å². The van der Waals surface area contributed by atoms with Gasteiger partial charge in [-0.1, -0.05) is 13.3 Å². The fourth-order valence-corrected chi connectivity index (χ4v) is 2.76. The van der Waals surface area contributed by atoms with Crippen molar-refractivity contribution in [2.75, 3.05) is 5.75 Å². The molecule has 5 heteroatoms. The fourth-order valence-electron chi connectivity index (χ4n) is 1.74. The summed E-state index contributed by atoms with van der Waals surface area (Å²) in [5.41, 5.74) is -0.976. The summed E-state index contributed by atoms with van der Waals surface area (Å²) >= 11 is 1.59. The largest absolute Gasteiger partial charge is 0.480 e. The van der Waals surface area contributed by atoms with E-state index in [-0.39, 0.29) is 11.2 Å². The van der Waals surface area contributed by atoms with E-state index in [4.69, 9.17) is 5.11 Å². The van der Waals surface area contributed by atoms with Gasteiger partial charge in [0, 0.05) is 0 Å². The van der Waals surface area contributed by atoms with Gasteiger partial charge in [0.15, 0.2) is 0 Å². The van der Waals surface area contributed by atoms with Crippen LogP contribution in [0.5, 0.6) is 0 Å². The van der Waals surface area contributed by atoms with E-state index in [9.17, 15) is 9.59 Å². The predicted molar refractivity (Wildman–Crippen MR) is 69.2 cm³/mol. The Labute approximate surface area is 107 Å². The number of hydrogen-bond acceptors (Lipinski definition) is 3. The molecule has 1 fully saturated rings. The summed E-state index contributed by atoms with van der Waals surface area (Å²) in [6, 6.07) is 0. The van der Waals surface area contributed by atoms with Gasteiger partial charge in [-0.25, -0.2) is 4.79 Å². The van der Waals surface area contributed by atoms with Crippen LogP contribution in [0, 0.1) is 0 Å². The predicted octanol–water partition coefficient (Wildman–Crippen LogP) is 2.03. The highest BCUT2D eigenvalue weighted by atomic mass is 32.2. The minimum atomic E-state index is -0.976. The molecular formula is C12H21NO3S. The fraction of sp³-hybridized carbons (Fsp3) is 0.833. The lowest BCUT2D eigenvalue weighted by molar-refractivity contribution is -0.151. The van der Waals surface area contributed by atoms with Crippen molar-refractivity contribution in [1.29, 1.82) is 0 Å². The number of carboxylic acids is 1. The van der Waals surface area contributed by atoms with E-state index in [1.807, 2.05) is 6.92 Å². The Morgan fingerprint density at radius 2 is 2.12 bits per heavy atom. The number of unbranched alkanes of at least 4 members (excludes halogenated alkanes) is 1. The third-order valence-electron chi connectivity index (χ3n) is 3.21. The summed E-state index contributed by atoms with van der Waals surface area (Å²) in [7, 11) is 0. The number of nitrogens with one attached hydrogen (secondary N) is 1. The van der Waals surface area contributed by atoms with E-state index in [2.05, 4.69) is 12.2 Å². The maximum Gasteiger partial charge on any atom is 0.329 e. The molecule has 0 spiro atoms. The third-order valence-corrected chi connectivity index (χ3v) is 4.45. The van der Waals surface area contributed by atoms with Crippen molar-refractivity contribution in [2.45, 2.75) is 56.7 Å². The first-order chi connectivity index (χ1) is 8.02. The van der Waals surface area contributed by atoms with E-state index in [1.54, 1.807) is 11.8 Å². The second-order valence-electron chi connectivity index (χ2n) is 4.60. The highest BCUT2D eigenvalue weighted by Gasteiger charge is 2.46. The van der Waals surface area contributed by atoms with Gasteiger partial charge in [0.2, 0.25) is 5.91 Å². The third kappa shape index (κ3) is 3.63. The second-order valence-corrected chi connectivity index (χ2v) is 6.05. The number of carboxylic acid groups (broad SMARTS) is 1. The zero-order valence-electron chi connectivity index (χ0n) is 10.5. The lowest BCUT2D eigenvalue weighted by Crippen LogP contribution is -2.60. The molecule has 1 unspecified atom stereocenters. The molecule has 1 amide bonds.